The molecule has 3 heterocycles. The summed E-state index contributed by atoms with van der Waals surface area (Å²) < 4.78 is 0. The molecule has 2 aromatic heterocycles. The van der Waals surface area contributed by atoms with Crippen molar-refractivity contribution in [3.63, 3.8) is 0 Å². The molecule has 0 spiro atoms. The molecule has 1 aliphatic rings. The molecule has 1 amide bonds. The molecule has 1 fully saturated rings. The number of aryl methyl sites for hydroxylation is 1. The Kier molecular flexibility index (Phi) is 3.38. The van der Waals surface area contributed by atoms with Crippen molar-refractivity contribution in [2.24, 2.45) is 5.92 Å². The minimum atomic E-state index is 0.0649. The smallest absolute Gasteiger partial charge is 0.266 e. The highest BCUT2D eigenvalue weighted by Crippen LogP contribution is 2.34. The fraction of sp³-hybridized carbons (Fsp3) is 0.467. The van der Waals surface area contributed by atoms with Gasteiger partial charge in [-0.15, -0.1) is 11.3 Å². The number of fused-ring (bicyclic) bond motifs is 1. The van der Waals surface area contributed by atoms with E-state index in [1.54, 1.807) is 0 Å². The number of hydrogen-bond acceptors (Lipinski definition) is 4. The number of thiophene rings is 1. The Morgan fingerprint density at radius 3 is 2.80 bits per heavy atom. The number of pyridine rings is 1. The number of nitrogens with two attached hydrogens (primary N) is 1. The topological polar surface area (TPSA) is 59.2 Å². The van der Waals surface area contributed by atoms with Crippen molar-refractivity contribution < 1.29 is 4.79 Å². The number of carbonyl (C=O) groups is 1. The lowest BCUT2D eigenvalue weighted by molar-refractivity contribution is 0.0703. The second-order valence-corrected chi connectivity index (χ2v) is 6.62. The Hall–Kier alpha value is -1.62. The largest absolute Gasteiger partial charge is 0.397 e. The maximum absolute atomic E-state index is 12.6. The summed E-state index contributed by atoms with van der Waals surface area (Å²) in [5, 5.41) is 0.898. The van der Waals surface area contributed by atoms with Crippen molar-refractivity contribution in [2.45, 2.75) is 26.7 Å². The van der Waals surface area contributed by atoms with Gasteiger partial charge in [0.1, 0.15) is 9.71 Å². The molecule has 5 heteroatoms. The monoisotopic (exact) mass is 289 g/mol. The number of rotatable bonds is 1. The number of carbonyl (C=O) groups excluding carboxylic acids is 1. The molecule has 2 aromatic rings. The molecule has 1 saturated heterocycles. The third-order valence-corrected chi connectivity index (χ3v) is 5.10. The van der Waals surface area contributed by atoms with Crippen LogP contribution in [0.2, 0.25) is 0 Å². The van der Waals surface area contributed by atoms with E-state index in [2.05, 4.69) is 11.9 Å². The Morgan fingerprint density at radius 2 is 2.10 bits per heavy atom. The van der Waals surface area contributed by atoms with Crippen molar-refractivity contribution in [2.75, 3.05) is 18.8 Å². The lowest BCUT2D eigenvalue weighted by Gasteiger charge is -2.30. The minimum Gasteiger partial charge on any atom is -0.397 e. The number of likely N-dealkylation sites (tertiary alicyclic amines) is 1. The quantitative estimate of drug-likeness (QED) is 0.877. The third-order valence-electron chi connectivity index (χ3n) is 4.00. The Morgan fingerprint density at radius 1 is 1.40 bits per heavy atom. The number of hydrogen-bond donors (Lipinski definition) is 1. The second-order valence-electron chi connectivity index (χ2n) is 5.62. The average molecular weight is 289 g/mol. The summed E-state index contributed by atoms with van der Waals surface area (Å²) in [6.07, 6.45) is 2.15. The van der Waals surface area contributed by atoms with E-state index in [9.17, 15) is 4.79 Å². The molecular weight excluding hydrogens is 270 g/mol. The number of piperidine rings is 1. The third kappa shape index (κ3) is 2.26. The SMILES string of the molecule is Cc1ccc2c(N)c(C(=O)N3CCC(C)CC3)sc2n1. The summed E-state index contributed by atoms with van der Waals surface area (Å²) in [5.74, 6) is 0.776. The van der Waals surface area contributed by atoms with Crippen LogP contribution in [0.1, 0.15) is 35.1 Å². The van der Waals surface area contributed by atoms with Gasteiger partial charge in [0, 0.05) is 24.2 Å². The van der Waals surface area contributed by atoms with Crippen molar-refractivity contribution in [3.05, 3.63) is 22.7 Å². The number of nitrogen functional groups attached to an aromatic ring is 1. The minimum absolute atomic E-state index is 0.0649. The summed E-state index contributed by atoms with van der Waals surface area (Å²) in [5.41, 5.74) is 7.68. The van der Waals surface area contributed by atoms with Crippen molar-refractivity contribution >= 4 is 33.1 Å². The highest BCUT2D eigenvalue weighted by Gasteiger charge is 2.25. The fourth-order valence-corrected chi connectivity index (χ4v) is 3.71. The molecule has 0 aliphatic carbocycles. The van der Waals surface area contributed by atoms with Gasteiger partial charge in [-0.1, -0.05) is 6.92 Å². The van der Waals surface area contributed by atoms with Crippen molar-refractivity contribution in [1.82, 2.24) is 9.88 Å². The van der Waals surface area contributed by atoms with E-state index >= 15 is 0 Å². The summed E-state index contributed by atoms with van der Waals surface area (Å²) in [7, 11) is 0. The van der Waals surface area contributed by atoms with Gasteiger partial charge in [-0.3, -0.25) is 4.79 Å². The maximum Gasteiger partial charge on any atom is 0.266 e. The summed E-state index contributed by atoms with van der Waals surface area (Å²) >= 11 is 1.41. The molecule has 0 bridgehead atoms. The lowest BCUT2D eigenvalue weighted by atomic mass is 9.99. The van der Waals surface area contributed by atoms with Crippen LogP contribution in [0.5, 0.6) is 0 Å². The van der Waals surface area contributed by atoms with E-state index in [0.29, 0.717) is 16.5 Å². The molecule has 0 atom stereocenters. The van der Waals surface area contributed by atoms with Crippen molar-refractivity contribution in [1.29, 1.82) is 0 Å². The highest BCUT2D eigenvalue weighted by atomic mass is 32.1. The van der Waals surface area contributed by atoms with Crippen LogP contribution in [-0.4, -0.2) is 28.9 Å². The average Bonchev–Trinajstić information content (AvgIpc) is 2.75. The standard InChI is InChI=1S/C15H19N3OS/c1-9-5-7-18(8-6-9)15(19)13-12(16)11-4-3-10(2)17-14(11)20-13/h3-4,9H,5-8,16H2,1-2H3. The molecule has 2 N–H and O–H groups in total. The molecule has 0 saturated carbocycles. The number of amides is 1. The van der Waals surface area contributed by atoms with Crippen LogP contribution in [0.3, 0.4) is 0 Å². The van der Waals surface area contributed by atoms with Crippen LogP contribution in [-0.2, 0) is 0 Å². The van der Waals surface area contributed by atoms with E-state index in [1.165, 1.54) is 11.3 Å². The molecule has 106 valence electrons. The van der Waals surface area contributed by atoms with E-state index in [4.69, 9.17) is 5.73 Å². The molecule has 4 nitrogen and oxygen atoms in total. The van der Waals surface area contributed by atoms with E-state index in [-0.39, 0.29) is 5.91 Å². The predicted octanol–water partition coefficient (Wildman–Crippen LogP) is 3.06. The first-order chi connectivity index (χ1) is 9.56. The Bertz CT molecular complexity index is 656. The zero-order valence-electron chi connectivity index (χ0n) is 11.8. The van der Waals surface area contributed by atoms with Gasteiger partial charge in [-0.2, -0.15) is 0 Å². The zero-order chi connectivity index (χ0) is 14.3. The molecule has 1 aliphatic heterocycles. The summed E-state index contributed by atoms with van der Waals surface area (Å²) in [6.45, 7) is 5.85. The first-order valence-electron chi connectivity index (χ1n) is 7.01. The Balaban J connectivity index is 1.93. The van der Waals surface area contributed by atoms with Gasteiger partial charge in [0.25, 0.3) is 5.91 Å². The molecule has 3 rings (SSSR count). The fourth-order valence-electron chi connectivity index (χ4n) is 2.60. The normalized spacial score (nSPS) is 16.8. The van der Waals surface area contributed by atoms with Crippen LogP contribution < -0.4 is 5.73 Å². The molecule has 0 unspecified atom stereocenters. The van der Waals surface area contributed by atoms with Gasteiger partial charge in [-0.05, 0) is 37.8 Å². The first-order valence-corrected chi connectivity index (χ1v) is 7.83. The lowest BCUT2D eigenvalue weighted by Crippen LogP contribution is -2.37. The predicted molar refractivity (Wildman–Crippen MR) is 83.1 cm³/mol. The van der Waals surface area contributed by atoms with E-state index < -0.39 is 0 Å². The number of aromatic nitrogens is 1. The molecule has 20 heavy (non-hydrogen) atoms. The number of anilines is 1. The molecular formula is C15H19N3OS. The molecule has 0 radical (unpaired) electrons. The Labute approximate surface area is 122 Å². The second kappa shape index (κ2) is 5.05. The van der Waals surface area contributed by atoms with Gasteiger partial charge in [0.2, 0.25) is 0 Å². The summed E-state index contributed by atoms with van der Waals surface area (Å²) in [4.78, 5) is 20.5. The van der Waals surface area contributed by atoms with Crippen molar-refractivity contribution in [3.8, 4) is 0 Å². The van der Waals surface area contributed by atoms with Gasteiger partial charge in [0.05, 0.1) is 5.69 Å². The zero-order valence-corrected chi connectivity index (χ0v) is 12.7. The van der Waals surface area contributed by atoms with Crippen LogP contribution in [0.4, 0.5) is 5.69 Å². The van der Waals surface area contributed by atoms with Gasteiger partial charge in [-0.25, -0.2) is 4.98 Å². The van der Waals surface area contributed by atoms with Crippen LogP contribution in [0, 0.1) is 12.8 Å². The van der Waals surface area contributed by atoms with Gasteiger partial charge in [0.15, 0.2) is 0 Å². The van der Waals surface area contributed by atoms with E-state index in [1.807, 2.05) is 24.0 Å². The molecule has 0 aromatic carbocycles. The van der Waals surface area contributed by atoms with Crippen LogP contribution in [0.25, 0.3) is 10.2 Å². The highest BCUT2D eigenvalue weighted by molar-refractivity contribution is 7.21. The van der Waals surface area contributed by atoms with Gasteiger partial charge < -0.3 is 10.6 Å². The maximum atomic E-state index is 12.6. The summed E-state index contributed by atoms with van der Waals surface area (Å²) in [6, 6.07) is 3.89. The first kappa shape index (κ1) is 13.4. The van der Waals surface area contributed by atoms with Gasteiger partial charge >= 0.3 is 0 Å². The van der Waals surface area contributed by atoms with E-state index in [0.717, 1.165) is 41.8 Å². The van der Waals surface area contributed by atoms with Crippen LogP contribution >= 0.6 is 11.3 Å². The number of nitrogens with zero attached hydrogens (tertiary/aromatic N) is 2. The van der Waals surface area contributed by atoms with Crippen LogP contribution in [0.15, 0.2) is 12.1 Å².